The first-order valence-electron chi connectivity index (χ1n) is 5.39. The number of nitrogens with zero attached hydrogens (tertiary/aromatic N) is 1. The van der Waals surface area contributed by atoms with E-state index in [0.717, 1.165) is 12.0 Å². The van der Waals surface area contributed by atoms with Crippen LogP contribution in [0.5, 0.6) is 5.75 Å². The molecule has 0 fully saturated rings. The molecule has 1 unspecified atom stereocenters. The number of nitriles is 1. The van der Waals surface area contributed by atoms with E-state index in [1.807, 2.05) is 13.0 Å². The molecule has 86 valence electrons. The molecule has 0 radical (unpaired) electrons. The zero-order valence-corrected chi connectivity index (χ0v) is 9.99. The van der Waals surface area contributed by atoms with Crippen molar-refractivity contribution >= 4 is 0 Å². The predicted octanol–water partition coefficient (Wildman–Crippen LogP) is 2.88. The van der Waals surface area contributed by atoms with Crippen LogP contribution in [-0.4, -0.2) is 13.2 Å². The van der Waals surface area contributed by atoms with Gasteiger partial charge in [-0.2, -0.15) is 5.26 Å². The Morgan fingerprint density at radius 2 is 2.19 bits per heavy atom. The molecule has 0 aliphatic carbocycles. The normalized spacial score (nSPS) is 11.9. The molecule has 1 atom stereocenters. The monoisotopic (exact) mass is 219 g/mol. The Morgan fingerprint density at radius 1 is 1.44 bits per heavy atom. The summed E-state index contributed by atoms with van der Waals surface area (Å²) in [5.74, 6) is 0.606. The van der Waals surface area contributed by atoms with Crippen molar-refractivity contribution in [1.82, 2.24) is 0 Å². The second kappa shape index (κ2) is 6.14. The fraction of sp³-hybridized carbons (Fsp3) is 0.462. The van der Waals surface area contributed by atoms with Gasteiger partial charge in [-0.05, 0) is 31.0 Å². The minimum atomic E-state index is 0.243. The van der Waals surface area contributed by atoms with E-state index >= 15 is 0 Å². The fourth-order valence-electron chi connectivity index (χ4n) is 1.29. The highest BCUT2D eigenvalue weighted by atomic mass is 16.5. The van der Waals surface area contributed by atoms with E-state index in [-0.39, 0.29) is 6.10 Å². The first kappa shape index (κ1) is 12.5. The average Bonchev–Trinajstić information content (AvgIpc) is 2.35. The maximum absolute atomic E-state index is 8.93. The molecule has 1 aromatic carbocycles. The third kappa shape index (κ3) is 3.25. The van der Waals surface area contributed by atoms with Gasteiger partial charge in [0.15, 0.2) is 0 Å². The maximum Gasteiger partial charge on any atom is 0.136 e. The highest BCUT2D eigenvalue weighted by Crippen LogP contribution is 2.19. The summed E-state index contributed by atoms with van der Waals surface area (Å²) in [6, 6.07) is 7.63. The lowest BCUT2D eigenvalue weighted by Crippen LogP contribution is -2.06. The average molecular weight is 219 g/mol. The Bertz CT molecular complexity index is 382. The number of rotatable bonds is 5. The van der Waals surface area contributed by atoms with Gasteiger partial charge in [-0.25, -0.2) is 0 Å². The molecular formula is C13H17NO2. The molecule has 0 spiro atoms. The summed E-state index contributed by atoms with van der Waals surface area (Å²) in [6.07, 6.45) is 1.23. The van der Waals surface area contributed by atoms with Crippen LogP contribution in [0.25, 0.3) is 0 Å². The van der Waals surface area contributed by atoms with Crippen LogP contribution in [0.15, 0.2) is 18.2 Å². The lowest BCUT2D eigenvalue weighted by atomic mass is 10.1. The van der Waals surface area contributed by atoms with Gasteiger partial charge in [0.2, 0.25) is 0 Å². The molecule has 0 saturated carbocycles. The molecule has 0 saturated heterocycles. The molecule has 0 amide bonds. The van der Waals surface area contributed by atoms with E-state index in [0.29, 0.717) is 17.9 Å². The highest BCUT2D eigenvalue weighted by molar-refractivity contribution is 5.45. The number of hydrogen-bond acceptors (Lipinski definition) is 3. The van der Waals surface area contributed by atoms with Crippen LogP contribution in [0.3, 0.4) is 0 Å². The first-order valence-corrected chi connectivity index (χ1v) is 5.39. The van der Waals surface area contributed by atoms with Crippen LogP contribution in [0, 0.1) is 11.3 Å². The zero-order chi connectivity index (χ0) is 12.0. The molecule has 0 bridgehead atoms. The van der Waals surface area contributed by atoms with Gasteiger partial charge < -0.3 is 9.47 Å². The van der Waals surface area contributed by atoms with Crippen molar-refractivity contribution in [2.24, 2.45) is 0 Å². The van der Waals surface area contributed by atoms with E-state index in [9.17, 15) is 0 Å². The van der Waals surface area contributed by atoms with Crippen molar-refractivity contribution in [2.75, 3.05) is 7.11 Å². The largest absolute Gasteiger partial charge is 0.495 e. The first-order chi connectivity index (χ1) is 7.71. The molecule has 0 aliphatic heterocycles. The minimum Gasteiger partial charge on any atom is -0.495 e. The minimum absolute atomic E-state index is 0.243. The van der Waals surface area contributed by atoms with Gasteiger partial charge in [0.1, 0.15) is 11.8 Å². The fourth-order valence-corrected chi connectivity index (χ4v) is 1.29. The van der Waals surface area contributed by atoms with Crippen LogP contribution < -0.4 is 4.74 Å². The SMILES string of the molecule is CCC(C)OCc1ccc(OC)c(C#N)c1. The summed E-state index contributed by atoms with van der Waals surface area (Å²) in [5, 5.41) is 8.93. The number of benzene rings is 1. The highest BCUT2D eigenvalue weighted by Gasteiger charge is 2.05. The zero-order valence-electron chi connectivity index (χ0n) is 9.99. The van der Waals surface area contributed by atoms with E-state index < -0.39 is 0 Å². The van der Waals surface area contributed by atoms with Gasteiger partial charge in [0, 0.05) is 0 Å². The van der Waals surface area contributed by atoms with Gasteiger partial charge in [0.25, 0.3) is 0 Å². The molecule has 3 nitrogen and oxygen atoms in total. The molecule has 1 aromatic rings. The van der Waals surface area contributed by atoms with Crippen molar-refractivity contribution in [2.45, 2.75) is 33.0 Å². The smallest absolute Gasteiger partial charge is 0.136 e. The van der Waals surface area contributed by atoms with E-state index in [2.05, 4.69) is 13.0 Å². The standard InChI is InChI=1S/C13H17NO2/c1-4-10(2)16-9-11-5-6-13(15-3)12(7-11)8-14/h5-7,10H,4,9H2,1-3H3. The van der Waals surface area contributed by atoms with Crippen LogP contribution in [0.1, 0.15) is 31.4 Å². The number of ether oxygens (including phenoxy) is 2. The molecule has 0 N–H and O–H groups in total. The summed E-state index contributed by atoms with van der Waals surface area (Å²) in [6.45, 7) is 4.65. The third-order valence-corrected chi connectivity index (χ3v) is 2.49. The molecule has 1 rings (SSSR count). The predicted molar refractivity (Wildman–Crippen MR) is 62.3 cm³/mol. The molecule has 0 aliphatic rings. The molecule has 0 heterocycles. The summed E-state index contributed by atoms with van der Waals surface area (Å²) < 4.78 is 10.7. The van der Waals surface area contributed by atoms with Crippen LogP contribution in [0.2, 0.25) is 0 Å². The van der Waals surface area contributed by atoms with E-state index in [1.54, 1.807) is 19.2 Å². The summed E-state index contributed by atoms with van der Waals surface area (Å²) >= 11 is 0. The second-order valence-corrected chi connectivity index (χ2v) is 3.68. The van der Waals surface area contributed by atoms with E-state index in [1.165, 1.54) is 0 Å². The van der Waals surface area contributed by atoms with Gasteiger partial charge in [0.05, 0.1) is 25.4 Å². The van der Waals surface area contributed by atoms with Gasteiger partial charge in [-0.3, -0.25) is 0 Å². The Labute approximate surface area is 96.6 Å². The van der Waals surface area contributed by atoms with Crippen LogP contribution >= 0.6 is 0 Å². The molecule has 16 heavy (non-hydrogen) atoms. The topological polar surface area (TPSA) is 42.2 Å². The molecule has 0 aromatic heterocycles. The second-order valence-electron chi connectivity index (χ2n) is 3.68. The van der Waals surface area contributed by atoms with Gasteiger partial charge in [-0.15, -0.1) is 0 Å². The third-order valence-electron chi connectivity index (χ3n) is 2.49. The summed E-state index contributed by atoms with van der Waals surface area (Å²) in [4.78, 5) is 0. The Kier molecular flexibility index (Phi) is 4.81. The van der Waals surface area contributed by atoms with Crippen molar-refractivity contribution in [3.8, 4) is 11.8 Å². The molecule has 3 heteroatoms. The van der Waals surface area contributed by atoms with Crippen LogP contribution in [-0.2, 0) is 11.3 Å². The number of methoxy groups -OCH3 is 1. The molecular weight excluding hydrogens is 202 g/mol. The summed E-state index contributed by atoms with van der Waals surface area (Å²) in [5.41, 5.74) is 1.55. The quantitative estimate of drug-likeness (QED) is 0.764. The van der Waals surface area contributed by atoms with Crippen molar-refractivity contribution in [3.63, 3.8) is 0 Å². The Balaban J connectivity index is 2.72. The maximum atomic E-state index is 8.93. The van der Waals surface area contributed by atoms with Crippen molar-refractivity contribution < 1.29 is 9.47 Å². The lowest BCUT2D eigenvalue weighted by Gasteiger charge is -2.11. The Hall–Kier alpha value is -1.53. The van der Waals surface area contributed by atoms with Crippen molar-refractivity contribution in [3.05, 3.63) is 29.3 Å². The van der Waals surface area contributed by atoms with Crippen LogP contribution in [0.4, 0.5) is 0 Å². The Morgan fingerprint density at radius 3 is 2.75 bits per heavy atom. The number of hydrogen-bond donors (Lipinski definition) is 0. The van der Waals surface area contributed by atoms with Crippen molar-refractivity contribution in [1.29, 1.82) is 5.26 Å². The van der Waals surface area contributed by atoms with Gasteiger partial charge >= 0.3 is 0 Å². The summed E-state index contributed by atoms with van der Waals surface area (Å²) in [7, 11) is 1.56. The van der Waals surface area contributed by atoms with E-state index in [4.69, 9.17) is 14.7 Å². The van der Waals surface area contributed by atoms with Gasteiger partial charge in [-0.1, -0.05) is 13.0 Å². The lowest BCUT2D eigenvalue weighted by molar-refractivity contribution is 0.0508.